The van der Waals surface area contributed by atoms with Crippen molar-refractivity contribution >= 4 is 33.5 Å². The first-order valence-electron chi connectivity index (χ1n) is 8.01. The second-order valence-electron chi connectivity index (χ2n) is 6.12. The SMILES string of the molecule is CC(C)NC(=O)Cn1c2ccccc2c2cc(C(=N)N=NN)ccc21. The number of carbonyl (C=O) groups is 1. The Morgan fingerprint density at radius 3 is 2.64 bits per heavy atom. The minimum absolute atomic E-state index is 0.00113. The first-order chi connectivity index (χ1) is 12.0. The van der Waals surface area contributed by atoms with Crippen LogP contribution in [-0.2, 0) is 11.3 Å². The highest BCUT2D eigenvalue weighted by Crippen LogP contribution is 2.29. The molecule has 0 fully saturated rings. The predicted molar refractivity (Wildman–Crippen MR) is 98.6 cm³/mol. The summed E-state index contributed by atoms with van der Waals surface area (Å²) in [7, 11) is 0. The topological polar surface area (TPSA) is 109 Å². The van der Waals surface area contributed by atoms with Crippen LogP contribution in [0, 0.1) is 5.41 Å². The number of nitrogens with two attached hydrogens (primary N) is 1. The van der Waals surface area contributed by atoms with E-state index in [0.717, 1.165) is 21.8 Å². The lowest BCUT2D eigenvalue weighted by atomic mass is 10.1. The van der Waals surface area contributed by atoms with E-state index in [1.54, 1.807) is 6.07 Å². The Bertz CT molecular complexity index is 986. The molecule has 3 aromatic rings. The van der Waals surface area contributed by atoms with Gasteiger partial charge >= 0.3 is 0 Å². The molecule has 1 aromatic heterocycles. The number of carbonyl (C=O) groups excluding carboxylic acids is 1. The van der Waals surface area contributed by atoms with Gasteiger partial charge in [-0.1, -0.05) is 23.4 Å². The molecule has 4 N–H and O–H groups in total. The lowest BCUT2D eigenvalue weighted by Gasteiger charge is -2.11. The van der Waals surface area contributed by atoms with Crippen LogP contribution in [0.3, 0.4) is 0 Å². The van der Waals surface area contributed by atoms with E-state index >= 15 is 0 Å². The number of rotatable bonds is 4. The van der Waals surface area contributed by atoms with Gasteiger partial charge in [-0.2, -0.15) is 0 Å². The third-order valence-corrected chi connectivity index (χ3v) is 3.95. The average molecular weight is 336 g/mol. The highest BCUT2D eigenvalue weighted by molar-refractivity contribution is 6.11. The molecule has 0 aliphatic carbocycles. The van der Waals surface area contributed by atoms with Crippen molar-refractivity contribution in [1.29, 1.82) is 5.41 Å². The van der Waals surface area contributed by atoms with Crippen molar-refractivity contribution in [2.75, 3.05) is 0 Å². The van der Waals surface area contributed by atoms with Gasteiger partial charge < -0.3 is 15.7 Å². The normalized spacial score (nSPS) is 11.6. The fraction of sp³-hybridized carbons (Fsp3) is 0.222. The molecule has 0 saturated carbocycles. The van der Waals surface area contributed by atoms with Crippen molar-refractivity contribution in [1.82, 2.24) is 9.88 Å². The first kappa shape index (κ1) is 16.6. The molecule has 7 nitrogen and oxygen atoms in total. The highest BCUT2D eigenvalue weighted by atomic mass is 16.2. The number of aromatic nitrogens is 1. The van der Waals surface area contributed by atoms with Crippen molar-refractivity contribution < 1.29 is 4.79 Å². The summed E-state index contributed by atoms with van der Waals surface area (Å²) < 4.78 is 1.99. The van der Waals surface area contributed by atoms with Gasteiger partial charge in [0.15, 0.2) is 5.84 Å². The molecule has 7 heteroatoms. The lowest BCUT2D eigenvalue weighted by molar-refractivity contribution is -0.122. The molecule has 1 amide bonds. The van der Waals surface area contributed by atoms with Crippen molar-refractivity contribution in [2.45, 2.75) is 26.4 Å². The molecule has 1 heterocycles. The number of benzene rings is 2. The standard InChI is InChI=1S/C18H20N6O/c1-11(2)21-17(25)10-24-15-6-4-3-5-13(15)14-9-12(7-8-16(14)24)18(19)22-23-20/h3-9,11H,10H2,1-2H3,(H,21,25)(H3,19,20,22). The van der Waals surface area contributed by atoms with E-state index in [1.165, 1.54) is 0 Å². The van der Waals surface area contributed by atoms with Crippen molar-refractivity contribution in [3.05, 3.63) is 48.0 Å². The smallest absolute Gasteiger partial charge is 0.240 e. The van der Waals surface area contributed by atoms with Gasteiger partial charge in [0.2, 0.25) is 5.91 Å². The number of nitrogens with one attached hydrogen (secondary N) is 2. The van der Waals surface area contributed by atoms with Gasteiger partial charge in [0.1, 0.15) is 6.54 Å². The fourth-order valence-corrected chi connectivity index (χ4v) is 3.00. The molecule has 0 aliphatic heterocycles. The molecule has 0 unspecified atom stereocenters. The number of nitrogens with zero attached hydrogens (tertiary/aromatic N) is 3. The number of hydrogen-bond donors (Lipinski definition) is 3. The van der Waals surface area contributed by atoms with Crippen LogP contribution in [0.2, 0.25) is 0 Å². The van der Waals surface area contributed by atoms with Crippen molar-refractivity contribution in [2.24, 2.45) is 16.2 Å². The number of hydrogen-bond acceptors (Lipinski definition) is 3. The van der Waals surface area contributed by atoms with E-state index in [9.17, 15) is 4.79 Å². The Balaban J connectivity index is 2.15. The van der Waals surface area contributed by atoms with Crippen molar-refractivity contribution in [3.8, 4) is 0 Å². The summed E-state index contributed by atoms with van der Waals surface area (Å²) in [5, 5.41) is 19.6. The molecular formula is C18H20N6O. The first-order valence-corrected chi connectivity index (χ1v) is 8.01. The van der Waals surface area contributed by atoms with E-state index in [2.05, 4.69) is 15.7 Å². The second kappa shape index (κ2) is 6.72. The number of amidine groups is 1. The molecule has 128 valence electrons. The zero-order chi connectivity index (χ0) is 18.0. The minimum Gasteiger partial charge on any atom is -0.352 e. The monoisotopic (exact) mass is 336 g/mol. The Kier molecular flexibility index (Phi) is 4.47. The maximum Gasteiger partial charge on any atom is 0.240 e. The third kappa shape index (κ3) is 3.21. The zero-order valence-electron chi connectivity index (χ0n) is 14.2. The van der Waals surface area contributed by atoms with E-state index < -0.39 is 0 Å². The van der Waals surface area contributed by atoms with Gasteiger partial charge in [0.05, 0.1) is 0 Å². The van der Waals surface area contributed by atoms with Crippen LogP contribution >= 0.6 is 0 Å². The number of amides is 1. The second-order valence-corrected chi connectivity index (χ2v) is 6.12. The van der Waals surface area contributed by atoms with Crippen molar-refractivity contribution in [3.63, 3.8) is 0 Å². The molecule has 0 spiro atoms. The molecule has 0 saturated heterocycles. The average Bonchev–Trinajstić information content (AvgIpc) is 2.88. The lowest BCUT2D eigenvalue weighted by Crippen LogP contribution is -2.33. The Labute approximate surface area is 145 Å². The van der Waals surface area contributed by atoms with Crippen LogP contribution in [0.15, 0.2) is 52.8 Å². The van der Waals surface area contributed by atoms with Crippen LogP contribution < -0.4 is 11.2 Å². The van der Waals surface area contributed by atoms with Crippen LogP contribution in [-0.4, -0.2) is 22.4 Å². The third-order valence-electron chi connectivity index (χ3n) is 3.95. The molecular weight excluding hydrogens is 316 g/mol. The van der Waals surface area contributed by atoms with Gasteiger partial charge in [0.25, 0.3) is 0 Å². The number of fused-ring (bicyclic) bond motifs is 3. The van der Waals surface area contributed by atoms with Gasteiger partial charge in [-0.05, 0) is 38.1 Å². The summed E-state index contributed by atoms with van der Waals surface area (Å²) in [4.78, 5) is 12.3. The summed E-state index contributed by atoms with van der Waals surface area (Å²) in [5.74, 6) is 5.00. The van der Waals surface area contributed by atoms with E-state index in [1.807, 2.05) is 54.8 Å². The highest BCUT2D eigenvalue weighted by Gasteiger charge is 2.14. The van der Waals surface area contributed by atoms with Crippen LogP contribution in [0.1, 0.15) is 19.4 Å². The van der Waals surface area contributed by atoms with E-state index in [4.69, 9.17) is 11.3 Å². The summed E-state index contributed by atoms with van der Waals surface area (Å²) in [6, 6.07) is 13.6. The predicted octanol–water partition coefficient (Wildman–Crippen LogP) is 2.97. The largest absolute Gasteiger partial charge is 0.352 e. The summed E-state index contributed by atoms with van der Waals surface area (Å²) >= 11 is 0. The van der Waals surface area contributed by atoms with Gasteiger partial charge in [-0.3, -0.25) is 10.2 Å². The molecule has 0 atom stereocenters. The molecule has 0 aliphatic rings. The van der Waals surface area contributed by atoms with Crippen LogP contribution in [0.25, 0.3) is 21.8 Å². The van der Waals surface area contributed by atoms with Crippen LogP contribution in [0.5, 0.6) is 0 Å². The van der Waals surface area contributed by atoms with Gasteiger partial charge in [0, 0.05) is 33.4 Å². The van der Waals surface area contributed by atoms with Crippen LogP contribution in [0.4, 0.5) is 0 Å². The number of para-hydroxylation sites is 1. The van der Waals surface area contributed by atoms with E-state index in [-0.39, 0.29) is 24.3 Å². The molecule has 3 rings (SSSR count). The Morgan fingerprint density at radius 1 is 1.20 bits per heavy atom. The summed E-state index contributed by atoms with van der Waals surface area (Å²) in [6.07, 6.45) is 0. The summed E-state index contributed by atoms with van der Waals surface area (Å²) in [6.45, 7) is 4.11. The zero-order valence-corrected chi connectivity index (χ0v) is 14.2. The molecule has 0 bridgehead atoms. The Morgan fingerprint density at radius 2 is 1.92 bits per heavy atom. The van der Waals surface area contributed by atoms with Gasteiger partial charge in [-0.25, -0.2) is 0 Å². The molecule has 25 heavy (non-hydrogen) atoms. The quantitative estimate of drug-likeness (QED) is 0.224. The van der Waals surface area contributed by atoms with E-state index in [0.29, 0.717) is 5.56 Å². The summed E-state index contributed by atoms with van der Waals surface area (Å²) in [5.41, 5.74) is 2.53. The van der Waals surface area contributed by atoms with Gasteiger partial charge in [-0.15, -0.1) is 5.11 Å². The fourth-order valence-electron chi connectivity index (χ4n) is 3.00. The molecule has 2 aromatic carbocycles. The Hall–Kier alpha value is -3.22. The maximum absolute atomic E-state index is 12.3. The molecule has 0 radical (unpaired) electrons. The minimum atomic E-state index is -0.0357. The maximum atomic E-state index is 12.3.